The minimum absolute atomic E-state index is 0.452. The van der Waals surface area contributed by atoms with Gasteiger partial charge in [-0.25, -0.2) is 0 Å². The van der Waals surface area contributed by atoms with Crippen molar-refractivity contribution in [2.75, 3.05) is 13.7 Å². The molecule has 1 nitrogen and oxygen atoms in total. The fourth-order valence-electron chi connectivity index (χ4n) is 0.967. The Labute approximate surface area is 71.1 Å². The van der Waals surface area contributed by atoms with Gasteiger partial charge in [0.15, 0.2) is 0 Å². The third-order valence-corrected chi connectivity index (χ3v) is 2.46. The van der Waals surface area contributed by atoms with Gasteiger partial charge in [-0.1, -0.05) is 27.7 Å². The Hall–Kier alpha value is -0.0400. The molecule has 0 spiro atoms. The van der Waals surface area contributed by atoms with Crippen LogP contribution in [0.4, 0.5) is 0 Å². The molecule has 0 aromatic carbocycles. The number of rotatable bonds is 4. The molecule has 0 rings (SSSR count). The molecule has 0 bridgehead atoms. The number of hydrogen-bond donors (Lipinski definition) is 0. The van der Waals surface area contributed by atoms with Crippen molar-refractivity contribution < 1.29 is 4.74 Å². The quantitative estimate of drug-likeness (QED) is 0.571. The van der Waals surface area contributed by atoms with E-state index in [9.17, 15) is 0 Å². The van der Waals surface area contributed by atoms with Crippen LogP contribution in [0.2, 0.25) is 0 Å². The van der Waals surface area contributed by atoms with E-state index in [-0.39, 0.29) is 0 Å². The third kappa shape index (κ3) is 5.25. The zero-order chi connectivity index (χ0) is 8.91. The Morgan fingerprint density at radius 3 is 2.18 bits per heavy atom. The van der Waals surface area contributed by atoms with Gasteiger partial charge in [-0.15, -0.1) is 0 Å². The van der Waals surface area contributed by atoms with Crippen LogP contribution in [0.25, 0.3) is 0 Å². The van der Waals surface area contributed by atoms with E-state index in [1.165, 1.54) is 12.8 Å². The summed E-state index contributed by atoms with van der Waals surface area (Å²) in [5.41, 5.74) is 0.452. The van der Waals surface area contributed by atoms with E-state index in [1.807, 2.05) is 0 Å². The summed E-state index contributed by atoms with van der Waals surface area (Å²) in [6.07, 6.45) is 2.46. The predicted molar refractivity (Wildman–Crippen MR) is 49.7 cm³/mol. The lowest BCUT2D eigenvalue weighted by Gasteiger charge is -2.26. The van der Waals surface area contributed by atoms with Crippen LogP contribution in [0, 0.1) is 11.3 Å². The number of ether oxygens (including phenoxy) is 1. The Balaban J connectivity index is 3.44. The van der Waals surface area contributed by atoms with Crippen molar-refractivity contribution in [2.45, 2.75) is 40.5 Å². The van der Waals surface area contributed by atoms with Gasteiger partial charge in [0.25, 0.3) is 0 Å². The smallest absolute Gasteiger partial charge is 0.0462 e. The second-order valence-electron chi connectivity index (χ2n) is 4.40. The average molecular weight is 158 g/mol. The van der Waals surface area contributed by atoms with E-state index in [4.69, 9.17) is 4.74 Å². The Kier molecular flexibility index (Phi) is 4.74. The first-order valence-corrected chi connectivity index (χ1v) is 4.47. The van der Waals surface area contributed by atoms with Crippen molar-refractivity contribution in [1.29, 1.82) is 0 Å². The first kappa shape index (κ1) is 11.0. The zero-order valence-corrected chi connectivity index (χ0v) is 8.61. The Morgan fingerprint density at radius 1 is 1.27 bits per heavy atom. The summed E-state index contributed by atoms with van der Waals surface area (Å²) >= 11 is 0. The van der Waals surface area contributed by atoms with Gasteiger partial charge in [-0.05, 0) is 24.2 Å². The van der Waals surface area contributed by atoms with Crippen LogP contribution in [-0.2, 0) is 4.74 Å². The lowest BCUT2D eigenvalue weighted by Crippen LogP contribution is -2.17. The lowest BCUT2D eigenvalue weighted by atomic mass is 9.79. The Morgan fingerprint density at radius 2 is 1.82 bits per heavy atom. The summed E-state index contributed by atoms with van der Waals surface area (Å²) in [7, 11) is 1.77. The zero-order valence-electron chi connectivity index (χ0n) is 8.61. The molecule has 0 aliphatic rings. The fourth-order valence-corrected chi connectivity index (χ4v) is 0.967. The summed E-state index contributed by atoms with van der Waals surface area (Å²) in [4.78, 5) is 0. The minimum atomic E-state index is 0.452. The maximum atomic E-state index is 5.00. The molecule has 1 atom stereocenters. The molecule has 0 aromatic rings. The van der Waals surface area contributed by atoms with Crippen LogP contribution in [0.15, 0.2) is 0 Å². The molecule has 1 unspecified atom stereocenters. The minimum Gasteiger partial charge on any atom is -0.385 e. The summed E-state index contributed by atoms with van der Waals surface area (Å²) in [5.74, 6) is 0.789. The van der Waals surface area contributed by atoms with E-state index >= 15 is 0 Å². The molecule has 0 N–H and O–H groups in total. The highest BCUT2D eigenvalue weighted by molar-refractivity contribution is 4.69. The molecule has 11 heavy (non-hydrogen) atoms. The van der Waals surface area contributed by atoms with Gasteiger partial charge in [0.2, 0.25) is 0 Å². The molecule has 0 saturated carbocycles. The third-order valence-electron chi connectivity index (χ3n) is 2.46. The van der Waals surface area contributed by atoms with Crippen molar-refractivity contribution in [3.8, 4) is 0 Å². The second kappa shape index (κ2) is 4.76. The molecule has 0 fully saturated rings. The molecule has 0 heterocycles. The van der Waals surface area contributed by atoms with E-state index in [0.29, 0.717) is 5.41 Å². The van der Waals surface area contributed by atoms with Crippen LogP contribution < -0.4 is 0 Å². The van der Waals surface area contributed by atoms with Crippen LogP contribution in [0.5, 0.6) is 0 Å². The van der Waals surface area contributed by atoms with Gasteiger partial charge in [-0.2, -0.15) is 0 Å². The van der Waals surface area contributed by atoms with Gasteiger partial charge < -0.3 is 4.74 Å². The summed E-state index contributed by atoms with van der Waals surface area (Å²) in [5, 5.41) is 0. The first-order chi connectivity index (χ1) is 4.98. The highest BCUT2D eigenvalue weighted by Crippen LogP contribution is 2.28. The van der Waals surface area contributed by atoms with Crippen molar-refractivity contribution in [3.63, 3.8) is 0 Å². The highest BCUT2D eigenvalue weighted by atomic mass is 16.5. The van der Waals surface area contributed by atoms with Crippen LogP contribution in [0.1, 0.15) is 40.5 Å². The standard InChI is InChI=1S/C10H22O/c1-9(10(2,3)4)7-6-8-11-5/h9H,6-8H2,1-5H3. The molecule has 0 aliphatic carbocycles. The first-order valence-electron chi connectivity index (χ1n) is 4.47. The second-order valence-corrected chi connectivity index (χ2v) is 4.40. The average Bonchev–Trinajstić information content (AvgIpc) is 1.86. The van der Waals surface area contributed by atoms with Crippen molar-refractivity contribution >= 4 is 0 Å². The molecular formula is C10H22O. The highest BCUT2D eigenvalue weighted by Gasteiger charge is 2.18. The molecule has 0 amide bonds. The maximum absolute atomic E-state index is 5.00. The van der Waals surface area contributed by atoms with Crippen molar-refractivity contribution in [1.82, 2.24) is 0 Å². The molecule has 0 aliphatic heterocycles. The number of methoxy groups -OCH3 is 1. The number of hydrogen-bond acceptors (Lipinski definition) is 1. The Bertz CT molecular complexity index is 91.5. The van der Waals surface area contributed by atoms with Crippen molar-refractivity contribution in [2.24, 2.45) is 11.3 Å². The largest absolute Gasteiger partial charge is 0.385 e. The normalized spacial score (nSPS) is 15.0. The lowest BCUT2D eigenvalue weighted by molar-refractivity contribution is 0.169. The molecule has 0 radical (unpaired) electrons. The van der Waals surface area contributed by atoms with E-state index in [0.717, 1.165) is 12.5 Å². The molecule has 1 heteroatoms. The van der Waals surface area contributed by atoms with Gasteiger partial charge in [0.1, 0.15) is 0 Å². The molecule has 0 saturated heterocycles. The molecule has 68 valence electrons. The summed E-state index contributed by atoms with van der Waals surface area (Å²) in [6.45, 7) is 10.1. The van der Waals surface area contributed by atoms with E-state index in [1.54, 1.807) is 7.11 Å². The molecule has 0 aromatic heterocycles. The van der Waals surface area contributed by atoms with Crippen molar-refractivity contribution in [3.05, 3.63) is 0 Å². The van der Waals surface area contributed by atoms with E-state index in [2.05, 4.69) is 27.7 Å². The SMILES string of the molecule is COCCCC(C)C(C)(C)C. The predicted octanol–water partition coefficient (Wildman–Crippen LogP) is 3.10. The maximum Gasteiger partial charge on any atom is 0.0462 e. The summed E-state index contributed by atoms with van der Waals surface area (Å²) < 4.78 is 5.00. The topological polar surface area (TPSA) is 9.23 Å². The van der Waals surface area contributed by atoms with Gasteiger partial charge >= 0.3 is 0 Å². The van der Waals surface area contributed by atoms with Crippen LogP contribution in [0.3, 0.4) is 0 Å². The van der Waals surface area contributed by atoms with Crippen LogP contribution >= 0.6 is 0 Å². The fraction of sp³-hybridized carbons (Fsp3) is 1.00. The molecular weight excluding hydrogens is 136 g/mol. The van der Waals surface area contributed by atoms with Gasteiger partial charge in [0.05, 0.1) is 0 Å². The summed E-state index contributed by atoms with van der Waals surface area (Å²) in [6, 6.07) is 0. The van der Waals surface area contributed by atoms with Gasteiger partial charge in [0, 0.05) is 13.7 Å². The van der Waals surface area contributed by atoms with Gasteiger partial charge in [-0.3, -0.25) is 0 Å². The van der Waals surface area contributed by atoms with Crippen LogP contribution in [-0.4, -0.2) is 13.7 Å². The monoisotopic (exact) mass is 158 g/mol. The van der Waals surface area contributed by atoms with E-state index < -0.39 is 0 Å².